The molecule has 0 aliphatic carbocycles. The molecular formula is C42H68O6. The molecule has 2 rings (SSSR count). The standard InChI is InChI=1S/C26H38O2.C16H30O4/c1-23(2,3)19-13-11-15-21(17-19)25(7,8)27-28-26(9,10)22-16-12-14-20(18-22)24(4,5)6;1-13(2,3)17-19-15(7,8)11-12-16(9,10)20-18-14(4,5)6/h11-18H,1-10H3;1-10H3. The van der Waals surface area contributed by atoms with Crippen LogP contribution in [0.2, 0.25) is 0 Å². The summed E-state index contributed by atoms with van der Waals surface area (Å²) in [6, 6.07) is 17.2. The maximum atomic E-state index is 6.03. The molecule has 48 heavy (non-hydrogen) atoms. The Morgan fingerprint density at radius 2 is 0.625 bits per heavy atom. The van der Waals surface area contributed by atoms with Gasteiger partial charge in [0.1, 0.15) is 11.2 Å². The zero-order valence-electron chi connectivity index (χ0n) is 34.1. The first kappa shape index (κ1) is 43.8. The van der Waals surface area contributed by atoms with Crippen molar-refractivity contribution < 1.29 is 29.3 Å². The zero-order valence-corrected chi connectivity index (χ0v) is 34.1. The van der Waals surface area contributed by atoms with Gasteiger partial charge in [0, 0.05) is 0 Å². The Morgan fingerprint density at radius 3 is 0.875 bits per heavy atom. The van der Waals surface area contributed by atoms with Crippen molar-refractivity contribution in [3.8, 4) is 11.8 Å². The SMILES string of the molecule is CC(C)(C)OOC(C)(C)C#CC(C)(C)OOC(C)(C)C.CC(C)(C)c1cccc(C(C)(C)OOC(C)(C)c2cccc(C(C)(C)C)c2)c1. The van der Waals surface area contributed by atoms with Crippen molar-refractivity contribution >= 4 is 0 Å². The van der Waals surface area contributed by atoms with Gasteiger partial charge in [0.2, 0.25) is 0 Å². The Labute approximate surface area is 294 Å². The summed E-state index contributed by atoms with van der Waals surface area (Å²) in [5.74, 6) is 6.01. The number of hydrogen-bond acceptors (Lipinski definition) is 6. The average Bonchev–Trinajstić information content (AvgIpc) is 2.92. The highest BCUT2D eigenvalue weighted by molar-refractivity contribution is 5.33. The van der Waals surface area contributed by atoms with E-state index in [4.69, 9.17) is 29.3 Å². The van der Waals surface area contributed by atoms with Crippen LogP contribution in [0.25, 0.3) is 0 Å². The molecule has 0 saturated heterocycles. The highest BCUT2D eigenvalue weighted by atomic mass is 17.2. The maximum absolute atomic E-state index is 6.03. The highest BCUT2D eigenvalue weighted by Crippen LogP contribution is 2.35. The summed E-state index contributed by atoms with van der Waals surface area (Å²) in [4.78, 5) is 33.4. The molecule has 2 aromatic carbocycles. The molecule has 0 aromatic heterocycles. The van der Waals surface area contributed by atoms with Gasteiger partial charge in [0.05, 0.1) is 11.2 Å². The third-order valence-electron chi connectivity index (χ3n) is 6.97. The Bertz CT molecular complexity index is 1260. The van der Waals surface area contributed by atoms with Crippen LogP contribution in [-0.2, 0) is 51.4 Å². The van der Waals surface area contributed by atoms with Gasteiger partial charge in [0.15, 0.2) is 11.2 Å². The van der Waals surface area contributed by atoms with E-state index in [1.807, 2.05) is 69.2 Å². The lowest BCUT2D eigenvalue weighted by Gasteiger charge is -2.33. The van der Waals surface area contributed by atoms with E-state index in [-0.39, 0.29) is 22.0 Å². The van der Waals surface area contributed by atoms with Gasteiger partial charge in [-0.1, -0.05) is 102 Å². The smallest absolute Gasteiger partial charge is 0.158 e. The largest absolute Gasteiger partial charge is 0.229 e. The van der Waals surface area contributed by atoms with Gasteiger partial charge in [-0.3, -0.25) is 0 Å². The maximum Gasteiger partial charge on any atom is 0.158 e. The molecule has 0 fully saturated rings. The number of rotatable bonds is 9. The van der Waals surface area contributed by atoms with Gasteiger partial charge in [-0.15, -0.1) is 0 Å². The van der Waals surface area contributed by atoms with E-state index < -0.39 is 22.4 Å². The molecule has 0 N–H and O–H groups in total. The molecule has 2 aromatic rings. The molecule has 0 atom stereocenters. The van der Waals surface area contributed by atoms with E-state index in [1.165, 1.54) is 11.1 Å². The normalized spacial score (nSPS) is 13.8. The lowest BCUT2D eigenvalue weighted by molar-refractivity contribution is -0.410. The Hall–Kier alpha value is -2.24. The van der Waals surface area contributed by atoms with Gasteiger partial charge in [0.25, 0.3) is 0 Å². The quantitative estimate of drug-likeness (QED) is 0.151. The van der Waals surface area contributed by atoms with Crippen LogP contribution < -0.4 is 0 Å². The van der Waals surface area contributed by atoms with Crippen molar-refractivity contribution in [1.29, 1.82) is 0 Å². The second-order valence-electron chi connectivity index (χ2n) is 18.7. The van der Waals surface area contributed by atoms with Crippen LogP contribution in [0.1, 0.15) is 161 Å². The summed E-state index contributed by atoms with van der Waals surface area (Å²) in [7, 11) is 0. The minimum absolute atomic E-state index is 0.0968. The lowest BCUT2D eigenvalue weighted by atomic mass is 9.84. The predicted molar refractivity (Wildman–Crippen MR) is 198 cm³/mol. The monoisotopic (exact) mass is 669 g/mol. The van der Waals surface area contributed by atoms with Gasteiger partial charge >= 0.3 is 0 Å². The summed E-state index contributed by atoms with van der Waals surface area (Å²) < 4.78 is 0. The molecule has 0 radical (unpaired) electrons. The van der Waals surface area contributed by atoms with Crippen molar-refractivity contribution in [2.75, 3.05) is 0 Å². The van der Waals surface area contributed by atoms with Crippen LogP contribution in [0, 0.1) is 11.8 Å². The zero-order chi connectivity index (χ0) is 37.6. The summed E-state index contributed by atoms with van der Waals surface area (Å²) in [5.41, 5.74) is 1.68. The van der Waals surface area contributed by atoms with E-state index in [0.717, 1.165) is 11.1 Å². The van der Waals surface area contributed by atoms with Crippen molar-refractivity contribution in [3.63, 3.8) is 0 Å². The molecular weight excluding hydrogens is 600 g/mol. The predicted octanol–water partition coefficient (Wildman–Crippen LogP) is 11.4. The van der Waals surface area contributed by atoms with Crippen LogP contribution >= 0.6 is 0 Å². The van der Waals surface area contributed by atoms with E-state index in [9.17, 15) is 0 Å². The van der Waals surface area contributed by atoms with Crippen LogP contribution in [0.4, 0.5) is 0 Å². The topological polar surface area (TPSA) is 55.4 Å². The number of hydrogen-bond donors (Lipinski definition) is 0. The average molecular weight is 669 g/mol. The van der Waals surface area contributed by atoms with Crippen molar-refractivity contribution in [3.05, 3.63) is 70.8 Å². The lowest BCUT2D eigenvalue weighted by Crippen LogP contribution is -2.32. The van der Waals surface area contributed by atoms with Crippen molar-refractivity contribution in [1.82, 2.24) is 0 Å². The van der Waals surface area contributed by atoms with E-state index >= 15 is 0 Å². The van der Waals surface area contributed by atoms with Crippen molar-refractivity contribution in [2.45, 2.75) is 183 Å². The second-order valence-corrected chi connectivity index (χ2v) is 18.7. The Balaban J connectivity index is 0.000000511. The molecule has 0 unspecified atom stereocenters. The first-order valence-electron chi connectivity index (χ1n) is 17.1. The van der Waals surface area contributed by atoms with E-state index in [2.05, 4.69) is 130 Å². The Kier molecular flexibility index (Phi) is 14.4. The minimum atomic E-state index is -0.727. The molecule has 0 spiro atoms. The first-order chi connectivity index (χ1) is 21.2. The summed E-state index contributed by atoms with van der Waals surface area (Å²) in [6.45, 7) is 40.4. The highest BCUT2D eigenvalue weighted by Gasteiger charge is 2.31. The third-order valence-corrected chi connectivity index (χ3v) is 6.97. The Morgan fingerprint density at radius 1 is 0.354 bits per heavy atom. The first-order valence-corrected chi connectivity index (χ1v) is 17.1. The fourth-order valence-electron chi connectivity index (χ4n) is 3.83. The van der Waals surface area contributed by atoms with Gasteiger partial charge in [-0.05, 0) is 130 Å². The van der Waals surface area contributed by atoms with Crippen molar-refractivity contribution in [2.24, 2.45) is 0 Å². The molecule has 6 heteroatoms. The fourth-order valence-corrected chi connectivity index (χ4v) is 3.83. The van der Waals surface area contributed by atoms with Crippen LogP contribution in [-0.4, -0.2) is 22.4 Å². The minimum Gasteiger partial charge on any atom is -0.229 e. The second kappa shape index (κ2) is 15.8. The van der Waals surface area contributed by atoms with Gasteiger partial charge in [-0.25, -0.2) is 29.3 Å². The van der Waals surface area contributed by atoms with Crippen LogP contribution in [0.15, 0.2) is 48.5 Å². The molecule has 0 saturated carbocycles. The molecule has 0 bridgehead atoms. The molecule has 0 heterocycles. The summed E-state index contributed by atoms with van der Waals surface area (Å²) in [5, 5.41) is 0. The summed E-state index contributed by atoms with van der Waals surface area (Å²) in [6.07, 6.45) is 0. The number of benzene rings is 2. The molecule has 0 aliphatic rings. The van der Waals surface area contributed by atoms with E-state index in [1.54, 1.807) is 0 Å². The molecule has 6 nitrogen and oxygen atoms in total. The van der Waals surface area contributed by atoms with Gasteiger partial charge < -0.3 is 0 Å². The summed E-state index contributed by atoms with van der Waals surface area (Å²) >= 11 is 0. The van der Waals surface area contributed by atoms with Gasteiger partial charge in [-0.2, -0.15) is 0 Å². The molecule has 0 amide bonds. The fraction of sp³-hybridized carbons (Fsp3) is 0.667. The third kappa shape index (κ3) is 16.4. The molecule has 272 valence electrons. The molecule has 0 aliphatic heterocycles. The van der Waals surface area contributed by atoms with Crippen LogP contribution in [0.3, 0.4) is 0 Å². The van der Waals surface area contributed by atoms with Crippen LogP contribution in [0.5, 0.6) is 0 Å². The van der Waals surface area contributed by atoms with E-state index in [0.29, 0.717) is 0 Å².